The van der Waals surface area contributed by atoms with Crippen LogP contribution in [0.25, 0.3) is 10.6 Å². The van der Waals surface area contributed by atoms with Crippen LogP contribution in [0.2, 0.25) is 5.02 Å². The summed E-state index contributed by atoms with van der Waals surface area (Å²) in [4.78, 5) is 17.5. The number of aryl methyl sites for hydroxylation is 1. The predicted molar refractivity (Wildman–Crippen MR) is 93.1 cm³/mol. The second-order valence-electron chi connectivity index (χ2n) is 4.89. The number of halogens is 1. The van der Waals surface area contributed by atoms with Gasteiger partial charge in [0.25, 0.3) is 0 Å². The van der Waals surface area contributed by atoms with Gasteiger partial charge in [0.05, 0.1) is 0 Å². The average Bonchev–Trinajstić information content (AvgIpc) is 2.90. The van der Waals surface area contributed by atoms with Crippen molar-refractivity contribution in [3.63, 3.8) is 0 Å². The zero-order valence-corrected chi connectivity index (χ0v) is 13.8. The third kappa shape index (κ3) is 3.52. The average molecular weight is 345 g/mol. The summed E-state index contributed by atoms with van der Waals surface area (Å²) in [5, 5.41) is 1.40. The molecule has 116 valence electrons. The van der Waals surface area contributed by atoms with Crippen LogP contribution in [0.5, 0.6) is 5.75 Å². The van der Waals surface area contributed by atoms with E-state index in [0.29, 0.717) is 22.2 Å². The fourth-order valence-corrected chi connectivity index (χ4v) is 3.07. The van der Waals surface area contributed by atoms with Crippen LogP contribution in [0, 0.1) is 6.92 Å². The monoisotopic (exact) mass is 344 g/mol. The van der Waals surface area contributed by atoms with E-state index in [1.165, 1.54) is 11.3 Å². The second-order valence-corrected chi connectivity index (χ2v) is 6.53. The van der Waals surface area contributed by atoms with Crippen LogP contribution in [0.3, 0.4) is 0 Å². The number of thiazole rings is 1. The SMILES string of the molecule is Cc1sc(-c2ccc(Cl)cc2)nc1C(=O)Oc1cccc(N)c1. The summed E-state index contributed by atoms with van der Waals surface area (Å²) in [6.07, 6.45) is 0. The molecule has 0 amide bonds. The van der Waals surface area contributed by atoms with Gasteiger partial charge in [0.1, 0.15) is 10.8 Å². The van der Waals surface area contributed by atoms with Crippen molar-refractivity contribution in [2.75, 3.05) is 5.73 Å². The van der Waals surface area contributed by atoms with Gasteiger partial charge >= 0.3 is 5.97 Å². The van der Waals surface area contributed by atoms with Crippen molar-refractivity contribution in [2.24, 2.45) is 0 Å². The van der Waals surface area contributed by atoms with Crippen molar-refractivity contribution in [2.45, 2.75) is 6.92 Å². The summed E-state index contributed by atoms with van der Waals surface area (Å²) >= 11 is 7.32. The Morgan fingerprint density at radius 1 is 1.22 bits per heavy atom. The molecular weight excluding hydrogens is 332 g/mol. The normalized spacial score (nSPS) is 10.5. The summed E-state index contributed by atoms with van der Waals surface area (Å²) in [5.74, 6) is -0.0972. The van der Waals surface area contributed by atoms with Crippen molar-refractivity contribution >= 4 is 34.6 Å². The Labute approximate surface area is 142 Å². The third-order valence-electron chi connectivity index (χ3n) is 3.15. The molecule has 1 aromatic heterocycles. The first kappa shape index (κ1) is 15.5. The Morgan fingerprint density at radius 2 is 1.96 bits per heavy atom. The number of rotatable bonds is 3. The molecule has 0 aliphatic carbocycles. The molecule has 0 fully saturated rings. The maximum atomic E-state index is 12.3. The lowest BCUT2D eigenvalue weighted by atomic mass is 10.2. The third-order valence-corrected chi connectivity index (χ3v) is 4.42. The number of aromatic nitrogens is 1. The van der Waals surface area contributed by atoms with E-state index in [4.69, 9.17) is 22.1 Å². The number of benzene rings is 2. The van der Waals surface area contributed by atoms with Crippen molar-refractivity contribution < 1.29 is 9.53 Å². The molecule has 23 heavy (non-hydrogen) atoms. The van der Waals surface area contributed by atoms with Crippen molar-refractivity contribution in [3.05, 3.63) is 64.1 Å². The topological polar surface area (TPSA) is 65.2 Å². The molecule has 2 N–H and O–H groups in total. The second kappa shape index (κ2) is 6.40. The molecule has 0 spiro atoms. The molecule has 0 bridgehead atoms. The van der Waals surface area contributed by atoms with Gasteiger partial charge in [-0.05, 0) is 31.2 Å². The maximum Gasteiger partial charge on any atom is 0.363 e. The number of ether oxygens (including phenoxy) is 1. The highest BCUT2D eigenvalue weighted by molar-refractivity contribution is 7.15. The van der Waals surface area contributed by atoms with Crippen LogP contribution in [-0.4, -0.2) is 11.0 Å². The van der Waals surface area contributed by atoms with Crippen LogP contribution < -0.4 is 10.5 Å². The minimum absolute atomic E-state index is 0.308. The summed E-state index contributed by atoms with van der Waals surface area (Å²) in [5.41, 5.74) is 7.43. The number of esters is 1. The number of nitrogens with two attached hydrogens (primary N) is 1. The van der Waals surface area contributed by atoms with E-state index in [1.807, 2.05) is 19.1 Å². The number of carbonyl (C=O) groups excluding carboxylic acids is 1. The molecule has 1 heterocycles. The fraction of sp³-hybridized carbons (Fsp3) is 0.0588. The van der Waals surface area contributed by atoms with Gasteiger partial charge in [-0.1, -0.05) is 29.8 Å². The summed E-state index contributed by atoms with van der Waals surface area (Å²) in [7, 11) is 0. The molecule has 0 saturated carbocycles. The van der Waals surface area contributed by atoms with E-state index in [2.05, 4.69) is 4.98 Å². The number of anilines is 1. The van der Waals surface area contributed by atoms with Gasteiger partial charge in [-0.3, -0.25) is 0 Å². The lowest BCUT2D eigenvalue weighted by Crippen LogP contribution is -2.10. The quantitative estimate of drug-likeness (QED) is 0.429. The van der Waals surface area contributed by atoms with E-state index in [-0.39, 0.29) is 0 Å². The molecule has 0 saturated heterocycles. The number of hydrogen-bond acceptors (Lipinski definition) is 5. The van der Waals surface area contributed by atoms with Gasteiger partial charge in [-0.2, -0.15) is 0 Å². The highest BCUT2D eigenvalue weighted by Gasteiger charge is 2.18. The number of nitrogen functional groups attached to an aromatic ring is 1. The standard InChI is InChI=1S/C17H13ClN2O2S/c1-10-15(17(21)22-14-4-2-3-13(19)9-14)20-16(23-10)11-5-7-12(18)8-6-11/h2-9H,19H2,1H3. The molecule has 2 aromatic carbocycles. The minimum atomic E-state index is -0.496. The number of carbonyl (C=O) groups is 1. The van der Waals surface area contributed by atoms with Gasteiger partial charge in [-0.25, -0.2) is 9.78 Å². The Kier molecular flexibility index (Phi) is 4.32. The molecular formula is C17H13ClN2O2S. The molecule has 0 atom stereocenters. The Bertz CT molecular complexity index is 859. The Morgan fingerprint density at radius 3 is 2.65 bits per heavy atom. The van der Waals surface area contributed by atoms with Gasteiger partial charge in [0.15, 0.2) is 5.69 Å². The molecule has 0 unspecified atom stereocenters. The molecule has 0 aliphatic heterocycles. The lowest BCUT2D eigenvalue weighted by molar-refractivity contribution is 0.0729. The molecule has 3 rings (SSSR count). The summed E-state index contributed by atoms with van der Waals surface area (Å²) in [6, 6.07) is 14.0. The van der Waals surface area contributed by atoms with Crippen LogP contribution in [0.1, 0.15) is 15.4 Å². The Balaban J connectivity index is 1.85. The predicted octanol–water partition coefficient (Wildman–Crippen LogP) is 4.57. The van der Waals surface area contributed by atoms with Crippen molar-refractivity contribution in [3.8, 4) is 16.3 Å². The van der Waals surface area contributed by atoms with Crippen LogP contribution in [0.15, 0.2) is 48.5 Å². The first-order valence-corrected chi connectivity index (χ1v) is 8.03. The first-order valence-electron chi connectivity index (χ1n) is 6.84. The largest absolute Gasteiger partial charge is 0.422 e. The maximum absolute atomic E-state index is 12.3. The highest BCUT2D eigenvalue weighted by atomic mass is 35.5. The summed E-state index contributed by atoms with van der Waals surface area (Å²) < 4.78 is 5.33. The zero-order chi connectivity index (χ0) is 16.4. The minimum Gasteiger partial charge on any atom is -0.422 e. The van der Waals surface area contributed by atoms with Gasteiger partial charge in [0, 0.05) is 27.2 Å². The Hall–Kier alpha value is -2.37. The van der Waals surface area contributed by atoms with Crippen molar-refractivity contribution in [1.82, 2.24) is 4.98 Å². The smallest absolute Gasteiger partial charge is 0.363 e. The van der Waals surface area contributed by atoms with E-state index < -0.39 is 5.97 Å². The number of hydrogen-bond donors (Lipinski definition) is 1. The van der Waals surface area contributed by atoms with E-state index in [1.54, 1.807) is 36.4 Å². The molecule has 4 nitrogen and oxygen atoms in total. The molecule has 3 aromatic rings. The van der Waals surface area contributed by atoms with Gasteiger partial charge < -0.3 is 10.5 Å². The fourth-order valence-electron chi connectivity index (χ4n) is 2.04. The number of nitrogens with zero attached hydrogens (tertiary/aromatic N) is 1. The van der Waals surface area contributed by atoms with E-state index >= 15 is 0 Å². The van der Waals surface area contributed by atoms with E-state index in [9.17, 15) is 4.79 Å². The highest BCUT2D eigenvalue weighted by Crippen LogP contribution is 2.29. The zero-order valence-electron chi connectivity index (χ0n) is 12.2. The van der Waals surface area contributed by atoms with Crippen LogP contribution in [0.4, 0.5) is 5.69 Å². The van der Waals surface area contributed by atoms with E-state index in [0.717, 1.165) is 15.4 Å². The van der Waals surface area contributed by atoms with Crippen LogP contribution in [-0.2, 0) is 0 Å². The lowest BCUT2D eigenvalue weighted by Gasteiger charge is -2.03. The van der Waals surface area contributed by atoms with Gasteiger partial charge in [0.2, 0.25) is 0 Å². The summed E-state index contributed by atoms with van der Waals surface area (Å²) in [6.45, 7) is 1.84. The molecule has 0 radical (unpaired) electrons. The molecule has 0 aliphatic rings. The van der Waals surface area contributed by atoms with Crippen LogP contribution >= 0.6 is 22.9 Å². The van der Waals surface area contributed by atoms with Gasteiger partial charge in [-0.15, -0.1) is 11.3 Å². The first-order chi connectivity index (χ1) is 11.0. The molecule has 6 heteroatoms. The van der Waals surface area contributed by atoms with Crippen molar-refractivity contribution in [1.29, 1.82) is 0 Å².